The van der Waals surface area contributed by atoms with E-state index in [0.717, 1.165) is 4.90 Å². The molecule has 0 saturated heterocycles. The standard InChI is InChI=1S/C17H20ClNO3S2/c1-17(2,12-22-14-6-8-15(23-3)9-7-14)19-24(20,21)16-10-4-13(18)5-11-16/h4-11,19H,12H2,1-3H3. The Hall–Kier alpha value is -1.21. The van der Waals surface area contributed by atoms with Gasteiger partial charge in [-0.05, 0) is 68.6 Å². The molecule has 2 aromatic carbocycles. The summed E-state index contributed by atoms with van der Waals surface area (Å²) in [5, 5.41) is 0.491. The van der Waals surface area contributed by atoms with Crippen LogP contribution in [0.3, 0.4) is 0 Å². The Labute approximate surface area is 152 Å². The van der Waals surface area contributed by atoms with Crippen molar-refractivity contribution in [2.24, 2.45) is 0 Å². The number of nitrogens with one attached hydrogen (secondary N) is 1. The summed E-state index contributed by atoms with van der Waals surface area (Å²) in [7, 11) is -3.64. The maximum Gasteiger partial charge on any atom is 0.241 e. The first-order valence-corrected chi connectivity index (χ1v) is 10.4. The number of ether oxygens (including phenoxy) is 1. The molecule has 0 saturated carbocycles. The van der Waals surface area contributed by atoms with Gasteiger partial charge in [-0.25, -0.2) is 13.1 Å². The Balaban J connectivity index is 2.02. The Kier molecular flexibility index (Phi) is 6.20. The van der Waals surface area contributed by atoms with E-state index in [1.165, 1.54) is 12.1 Å². The van der Waals surface area contributed by atoms with Crippen molar-refractivity contribution in [2.75, 3.05) is 12.9 Å². The second-order valence-corrected chi connectivity index (χ2v) is 8.91. The van der Waals surface area contributed by atoms with Gasteiger partial charge in [0.15, 0.2) is 0 Å². The average Bonchev–Trinajstić information content (AvgIpc) is 2.53. The smallest absolute Gasteiger partial charge is 0.241 e. The predicted octanol–water partition coefficient (Wildman–Crippen LogP) is 4.20. The van der Waals surface area contributed by atoms with E-state index in [4.69, 9.17) is 16.3 Å². The summed E-state index contributed by atoms with van der Waals surface area (Å²) in [6.45, 7) is 3.76. The third-order valence-corrected chi connectivity index (χ3v) is 5.90. The van der Waals surface area contributed by atoms with Crippen LogP contribution in [0.15, 0.2) is 58.3 Å². The average molecular weight is 386 g/mol. The van der Waals surface area contributed by atoms with Crippen molar-refractivity contribution in [3.05, 3.63) is 53.6 Å². The maximum atomic E-state index is 12.4. The van der Waals surface area contributed by atoms with Crippen molar-refractivity contribution in [1.82, 2.24) is 4.72 Å². The summed E-state index contributed by atoms with van der Waals surface area (Å²) in [5.41, 5.74) is -0.767. The fourth-order valence-electron chi connectivity index (χ4n) is 2.00. The zero-order chi connectivity index (χ0) is 17.8. The Morgan fingerprint density at radius 2 is 1.67 bits per heavy atom. The van der Waals surface area contributed by atoms with E-state index in [2.05, 4.69) is 4.72 Å². The summed E-state index contributed by atoms with van der Waals surface area (Å²) in [4.78, 5) is 1.31. The van der Waals surface area contributed by atoms with Gasteiger partial charge in [0.05, 0.1) is 10.4 Å². The molecule has 0 aliphatic rings. The molecule has 0 bridgehead atoms. The third-order valence-electron chi connectivity index (χ3n) is 3.19. The minimum absolute atomic E-state index is 0.171. The summed E-state index contributed by atoms with van der Waals surface area (Å²) in [6, 6.07) is 13.7. The van der Waals surface area contributed by atoms with Crippen LogP contribution in [0.25, 0.3) is 0 Å². The highest BCUT2D eigenvalue weighted by atomic mass is 35.5. The van der Waals surface area contributed by atoms with Gasteiger partial charge in [0.25, 0.3) is 0 Å². The second kappa shape index (κ2) is 7.78. The van der Waals surface area contributed by atoms with Crippen LogP contribution >= 0.6 is 23.4 Å². The van der Waals surface area contributed by atoms with Gasteiger partial charge in [0, 0.05) is 9.92 Å². The normalized spacial score (nSPS) is 12.2. The van der Waals surface area contributed by atoms with E-state index in [9.17, 15) is 8.42 Å². The first kappa shape index (κ1) is 19.1. The van der Waals surface area contributed by atoms with Crippen LogP contribution in [0.1, 0.15) is 13.8 Å². The van der Waals surface area contributed by atoms with E-state index >= 15 is 0 Å². The van der Waals surface area contributed by atoms with Crippen molar-refractivity contribution in [1.29, 1.82) is 0 Å². The molecule has 2 rings (SSSR count). The highest BCUT2D eigenvalue weighted by molar-refractivity contribution is 7.98. The van der Waals surface area contributed by atoms with E-state index in [-0.39, 0.29) is 11.5 Å². The molecule has 0 fully saturated rings. The van der Waals surface area contributed by atoms with Gasteiger partial charge in [-0.3, -0.25) is 0 Å². The summed E-state index contributed by atoms with van der Waals surface area (Å²) < 4.78 is 33.3. The van der Waals surface area contributed by atoms with Gasteiger partial charge >= 0.3 is 0 Å². The number of hydrogen-bond acceptors (Lipinski definition) is 4. The maximum absolute atomic E-state index is 12.4. The molecule has 0 radical (unpaired) electrons. The van der Waals surface area contributed by atoms with Crippen molar-refractivity contribution in [3.63, 3.8) is 0 Å². The minimum Gasteiger partial charge on any atom is -0.492 e. The number of benzene rings is 2. The van der Waals surface area contributed by atoms with Crippen LogP contribution in [0.2, 0.25) is 5.02 Å². The van der Waals surface area contributed by atoms with E-state index < -0.39 is 15.6 Å². The number of halogens is 1. The molecule has 7 heteroatoms. The molecule has 130 valence electrons. The molecule has 0 aliphatic heterocycles. The SMILES string of the molecule is CSc1ccc(OCC(C)(C)NS(=O)(=O)c2ccc(Cl)cc2)cc1. The quantitative estimate of drug-likeness (QED) is 0.726. The number of sulfonamides is 1. The lowest BCUT2D eigenvalue weighted by Crippen LogP contribution is -2.47. The van der Waals surface area contributed by atoms with E-state index in [1.54, 1.807) is 37.7 Å². The summed E-state index contributed by atoms with van der Waals surface area (Å²) in [5.74, 6) is 0.701. The molecule has 1 N–H and O–H groups in total. The van der Waals surface area contributed by atoms with Crippen LogP contribution < -0.4 is 9.46 Å². The molecule has 0 amide bonds. The number of hydrogen-bond donors (Lipinski definition) is 1. The fraction of sp³-hybridized carbons (Fsp3) is 0.294. The zero-order valence-corrected chi connectivity index (χ0v) is 16.1. The first-order chi connectivity index (χ1) is 11.2. The summed E-state index contributed by atoms with van der Waals surface area (Å²) in [6.07, 6.45) is 2.00. The van der Waals surface area contributed by atoms with Crippen LogP contribution in [-0.2, 0) is 10.0 Å². The van der Waals surface area contributed by atoms with Crippen molar-refractivity contribution >= 4 is 33.4 Å². The second-order valence-electron chi connectivity index (χ2n) is 5.91. The van der Waals surface area contributed by atoms with Crippen LogP contribution in [0.4, 0.5) is 0 Å². The first-order valence-electron chi connectivity index (χ1n) is 7.28. The number of rotatable bonds is 7. The highest BCUT2D eigenvalue weighted by Gasteiger charge is 2.27. The zero-order valence-electron chi connectivity index (χ0n) is 13.7. The van der Waals surface area contributed by atoms with Gasteiger partial charge in [0.2, 0.25) is 10.0 Å². The molecular weight excluding hydrogens is 366 g/mol. The lowest BCUT2D eigenvalue weighted by molar-refractivity contribution is 0.229. The lowest BCUT2D eigenvalue weighted by atomic mass is 10.1. The molecule has 0 unspecified atom stereocenters. The Morgan fingerprint density at radius 1 is 1.08 bits per heavy atom. The fourth-order valence-corrected chi connectivity index (χ4v) is 3.93. The van der Waals surface area contributed by atoms with E-state index in [1.807, 2.05) is 30.5 Å². The predicted molar refractivity (Wildman–Crippen MR) is 99.6 cm³/mol. The number of thioether (sulfide) groups is 1. The highest BCUT2D eigenvalue weighted by Crippen LogP contribution is 2.21. The van der Waals surface area contributed by atoms with Gasteiger partial charge in [0.1, 0.15) is 12.4 Å². The topological polar surface area (TPSA) is 55.4 Å². The molecule has 0 heterocycles. The van der Waals surface area contributed by atoms with Gasteiger partial charge in [-0.1, -0.05) is 11.6 Å². The molecule has 2 aromatic rings. The van der Waals surface area contributed by atoms with Crippen LogP contribution in [0.5, 0.6) is 5.75 Å². The molecular formula is C17H20ClNO3S2. The van der Waals surface area contributed by atoms with Crippen LogP contribution in [0, 0.1) is 0 Å². The lowest BCUT2D eigenvalue weighted by Gasteiger charge is -2.26. The van der Waals surface area contributed by atoms with Crippen molar-refractivity contribution in [2.45, 2.75) is 29.2 Å². The largest absolute Gasteiger partial charge is 0.492 e. The molecule has 0 atom stereocenters. The molecule has 0 spiro atoms. The minimum atomic E-state index is -3.64. The van der Waals surface area contributed by atoms with Crippen molar-refractivity contribution in [3.8, 4) is 5.75 Å². The van der Waals surface area contributed by atoms with Crippen LogP contribution in [-0.4, -0.2) is 26.8 Å². The van der Waals surface area contributed by atoms with Gasteiger partial charge in [-0.15, -0.1) is 11.8 Å². The molecule has 24 heavy (non-hydrogen) atoms. The molecule has 0 aromatic heterocycles. The monoisotopic (exact) mass is 385 g/mol. The van der Waals surface area contributed by atoms with Gasteiger partial charge in [-0.2, -0.15) is 0 Å². The van der Waals surface area contributed by atoms with Gasteiger partial charge < -0.3 is 4.74 Å². The van der Waals surface area contributed by atoms with E-state index in [0.29, 0.717) is 10.8 Å². The summed E-state index contributed by atoms with van der Waals surface area (Å²) >= 11 is 7.45. The third kappa shape index (κ3) is 5.41. The molecule has 4 nitrogen and oxygen atoms in total. The molecule has 0 aliphatic carbocycles. The van der Waals surface area contributed by atoms with Crippen molar-refractivity contribution < 1.29 is 13.2 Å². The Morgan fingerprint density at radius 3 is 2.21 bits per heavy atom. The Bertz CT molecular complexity index is 772.